The first-order valence-corrected chi connectivity index (χ1v) is 7.28. The van der Waals surface area contributed by atoms with E-state index in [0.717, 1.165) is 19.3 Å². The summed E-state index contributed by atoms with van der Waals surface area (Å²) in [5, 5.41) is 11.6. The van der Waals surface area contributed by atoms with E-state index in [1.807, 2.05) is 0 Å². The van der Waals surface area contributed by atoms with Gasteiger partial charge in [-0.05, 0) is 42.9 Å². The van der Waals surface area contributed by atoms with Crippen LogP contribution in [0.5, 0.6) is 0 Å². The fourth-order valence-corrected chi connectivity index (χ4v) is 2.22. The number of hydrogen-bond donors (Lipinski definition) is 2. The van der Waals surface area contributed by atoms with Crippen molar-refractivity contribution in [2.45, 2.75) is 32.6 Å². The number of nitrogens with one attached hydrogen (secondary N) is 1. The lowest BCUT2D eigenvalue weighted by Crippen LogP contribution is -2.30. The van der Waals surface area contributed by atoms with Crippen LogP contribution in [-0.2, 0) is 0 Å². The zero-order chi connectivity index (χ0) is 15.3. The molecule has 0 atom stereocenters. The maximum atomic E-state index is 13.4. The minimum Gasteiger partial charge on any atom is -0.395 e. The summed E-state index contributed by atoms with van der Waals surface area (Å²) in [4.78, 5) is 12.2. The molecule has 112 valence electrons. The molecule has 21 heavy (non-hydrogen) atoms. The lowest BCUT2D eigenvalue weighted by atomic mass is 10.0. The van der Waals surface area contributed by atoms with Crippen LogP contribution < -0.4 is 5.32 Å². The molecule has 2 rings (SSSR count). The Bertz CT molecular complexity index is 582. The Hall–Kier alpha value is -1.86. The SMILES string of the molecule is CCC1(CNC(=O)c2cc(F)ccc2C#CCCO)CC1. The van der Waals surface area contributed by atoms with E-state index in [1.54, 1.807) is 0 Å². The highest BCUT2D eigenvalue weighted by atomic mass is 19.1. The lowest BCUT2D eigenvalue weighted by Gasteiger charge is -2.14. The number of amides is 1. The summed E-state index contributed by atoms with van der Waals surface area (Å²) < 4.78 is 13.4. The van der Waals surface area contributed by atoms with Crippen molar-refractivity contribution in [3.05, 3.63) is 35.1 Å². The first-order valence-electron chi connectivity index (χ1n) is 7.28. The fraction of sp³-hybridized carbons (Fsp3) is 0.471. The Morgan fingerprint density at radius 2 is 2.24 bits per heavy atom. The molecule has 1 amide bonds. The van der Waals surface area contributed by atoms with Crippen molar-refractivity contribution in [3.8, 4) is 11.8 Å². The average molecular weight is 289 g/mol. The summed E-state index contributed by atoms with van der Waals surface area (Å²) in [7, 11) is 0. The summed E-state index contributed by atoms with van der Waals surface area (Å²) in [6.07, 6.45) is 3.64. The van der Waals surface area contributed by atoms with E-state index in [4.69, 9.17) is 5.11 Å². The molecule has 0 bridgehead atoms. The van der Waals surface area contributed by atoms with Crippen LogP contribution in [0.15, 0.2) is 18.2 Å². The molecule has 2 N–H and O–H groups in total. The van der Waals surface area contributed by atoms with E-state index in [0.29, 0.717) is 18.5 Å². The van der Waals surface area contributed by atoms with Crippen LogP contribution in [0, 0.1) is 23.1 Å². The molecule has 1 aliphatic carbocycles. The zero-order valence-electron chi connectivity index (χ0n) is 12.2. The number of benzene rings is 1. The van der Waals surface area contributed by atoms with Crippen molar-refractivity contribution < 1.29 is 14.3 Å². The summed E-state index contributed by atoms with van der Waals surface area (Å²) in [6.45, 7) is 2.71. The maximum absolute atomic E-state index is 13.4. The van der Waals surface area contributed by atoms with E-state index < -0.39 is 5.82 Å². The van der Waals surface area contributed by atoms with Crippen LogP contribution >= 0.6 is 0 Å². The Morgan fingerprint density at radius 1 is 1.48 bits per heavy atom. The second kappa shape index (κ2) is 6.73. The van der Waals surface area contributed by atoms with Crippen molar-refractivity contribution in [2.24, 2.45) is 5.41 Å². The Labute approximate surface area is 124 Å². The number of halogens is 1. The van der Waals surface area contributed by atoms with E-state index in [1.165, 1.54) is 18.2 Å². The predicted octanol–water partition coefficient (Wildman–Crippen LogP) is 2.48. The molecule has 0 radical (unpaired) electrons. The maximum Gasteiger partial charge on any atom is 0.252 e. The third kappa shape index (κ3) is 4.05. The highest BCUT2D eigenvalue weighted by Crippen LogP contribution is 2.47. The van der Waals surface area contributed by atoms with Gasteiger partial charge in [0.25, 0.3) is 5.91 Å². The number of aliphatic hydroxyl groups is 1. The van der Waals surface area contributed by atoms with Gasteiger partial charge in [0.1, 0.15) is 5.82 Å². The Morgan fingerprint density at radius 3 is 2.86 bits per heavy atom. The molecular weight excluding hydrogens is 269 g/mol. The molecule has 0 unspecified atom stereocenters. The van der Waals surface area contributed by atoms with Gasteiger partial charge in [0.2, 0.25) is 0 Å². The molecule has 0 aromatic heterocycles. The van der Waals surface area contributed by atoms with Crippen LogP contribution in [0.2, 0.25) is 0 Å². The molecule has 4 heteroatoms. The van der Waals surface area contributed by atoms with Crippen LogP contribution in [0.4, 0.5) is 4.39 Å². The highest BCUT2D eigenvalue weighted by Gasteiger charge is 2.40. The van der Waals surface area contributed by atoms with Gasteiger partial charge in [0.15, 0.2) is 0 Å². The molecule has 1 aliphatic rings. The second-order valence-corrected chi connectivity index (χ2v) is 5.50. The van der Waals surface area contributed by atoms with Gasteiger partial charge < -0.3 is 10.4 Å². The van der Waals surface area contributed by atoms with Crippen molar-refractivity contribution >= 4 is 5.91 Å². The molecule has 0 heterocycles. The number of carbonyl (C=O) groups is 1. The summed E-state index contributed by atoms with van der Waals surface area (Å²) in [5.41, 5.74) is 0.988. The average Bonchev–Trinajstić information content (AvgIpc) is 3.27. The van der Waals surface area contributed by atoms with Crippen molar-refractivity contribution in [1.82, 2.24) is 5.32 Å². The highest BCUT2D eigenvalue weighted by molar-refractivity contribution is 5.96. The zero-order valence-corrected chi connectivity index (χ0v) is 12.2. The fourth-order valence-electron chi connectivity index (χ4n) is 2.22. The predicted molar refractivity (Wildman–Crippen MR) is 79.3 cm³/mol. The van der Waals surface area contributed by atoms with Crippen LogP contribution in [0.25, 0.3) is 0 Å². The van der Waals surface area contributed by atoms with Crippen molar-refractivity contribution in [1.29, 1.82) is 0 Å². The summed E-state index contributed by atoms with van der Waals surface area (Å²) >= 11 is 0. The van der Waals surface area contributed by atoms with Gasteiger partial charge in [-0.2, -0.15) is 0 Å². The summed E-state index contributed by atoms with van der Waals surface area (Å²) in [5.74, 6) is 4.83. The number of hydrogen-bond acceptors (Lipinski definition) is 2. The number of aliphatic hydroxyl groups excluding tert-OH is 1. The molecule has 0 spiro atoms. The standard InChI is InChI=1S/C17H20FNO2/c1-2-17(8-9-17)12-19-16(21)15-11-14(18)7-6-13(15)5-3-4-10-20/h6-7,11,20H,2,4,8-10,12H2,1H3,(H,19,21). The Kier molecular flexibility index (Phi) is 4.98. The first-order chi connectivity index (χ1) is 10.1. The van der Waals surface area contributed by atoms with E-state index in [9.17, 15) is 9.18 Å². The topological polar surface area (TPSA) is 49.3 Å². The minimum absolute atomic E-state index is 0.0330. The lowest BCUT2D eigenvalue weighted by molar-refractivity contribution is 0.0943. The first kappa shape index (κ1) is 15.5. The van der Waals surface area contributed by atoms with Gasteiger partial charge in [0, 0.05) is 18.5 Å². The van der Waals surface area contributed by atoms with Gasteiger partial charge >= 0.3 is 0 Å². The normalized spacial score (nSPS) is 15.0. The minimum atomic E-state index is -0.454. The van der Waals surface area contributed by atoms with E-state index in [-0.39, 0.29) is 23.5 Å². The third-order valence-electron chi connectivity index (χ3n) is 4.02. The van der Waals surface area contributed by atoms with E-state index >= 15 is 0 Å². The van der Waals surface area contributed by atoms with Crippen molar-refractivity contribution in [3.63, 3.8) is 0 Å². The van der Waals surface area contributed by atoms with E-state index in [2.05, 4.69) is 24.1 Å². The Balaban J connectivity index is 2.11. The molecule has 1 fully saturated rings. The number of rotatable bonds is 5. The van der Waals surface area contributed by atoms with Gasteiger partial charge in [-0.3, -0.25) is 4.79 Å². The van der Waals surface area contributed by atoms with Gasteiger partial charge in [-0.1, -0.05) is 18.8 Å². The largest absolute Gasteiger partial charge is 0.395 e. The monoisotopic (exact) mass is 289 g/mol. The second-order valence-electron chi connectivity index (χ2n) is 5.50. The molecule has 1 aromatic carbocycles. The molecule has 0 aliphatic heterocycles. The molecule has 1 saturated carbocycles. The molecular formula is C17H20FNO2. The van der Waals surface area contributed by atoms with Gasteiger partial charge in [-0.25, -0.2) is 4.39 Å². The van der Waals surface area contributed by atoms with Crippen LogP contribution in [0.1, 0.15) is 48.5 Å². The quantitative estimate of drug-likeness (QED) is 0.818. The van der Waals surface area contributed by atoms with Gasteiger partial charge in [0.05, 0.1) is 12.2 Å². The summed E-state index contributed by atoms with van der Waals surface area (Å²) in [6, 6.07) is 4.00. The van der Waals surface area contributed by atoms with Gasteiger partial charge in [-0.15, -0.1) is 0 Å². The third-order valence-corrected chi connectivity index (χ3v) is 4.02. The van der Waals surface area contributed by atoms with Crippen LogP contribution in [-0.4, -0.2) is 24.2 Å². The van der Waals surface area contributed by atoms with Crippen LogP contribution in [0.3, 0.4) is 0 Å². The van der Waals surface area contributed by atoms with Crippen molar-refractivity contribution in [2.75, 3.05) is 13.2 Å². The molecule has 1 aromatic rings. The molecule has 3 nitrogen and oxygen atoms in total. The number of carbonyl (C=O) groups excluding carboxylic acids is 1. The molecule has 0 saturated heterocycles. The smallest absolute Gasteiger partial charge is 0.252 e.